The quantitative estimate of drug-likeness (QED) is 0.799. The second kappa shape index (κ2) is 3.28. The highest BCUT2D eigenvalue weighted by Crippen LogP contribution is 2.52. The molecule has 3 N–H and O–H groups in total. The number of nitrogens with zero attached hydrogens (tertiary/aromatic N) is 1. The predicted octanol–water partition coefficient (Wildman–Crippen LogP) is 1.12. The molecule has 84 valence electrons. The molecule has 1 aliphatic carbocycles. The molecule has 1 amide bonds. The van der Waals surface area contributed by atoms with Crippen LogP contribution in [0.4, 0.5) is 0 Å². The van der Waals surface area contributed by atoms with Crippen LogP contribution in [0.3, 0.4) is 0 Å². The van der Waals surface area contributed by atoms with Gasteiger partial charge in [0, 0.05) is 0 Å². The summed E-state index contributed by atoms with van der Waals surface area (Å²) in [6.45, 7) is 0. The molecular weight excluding hydrogens is 270 g/mol. The standard InChI is InChI=1S/C11H12BrN3O/c12-8-3-1-2-7(14-8)9-6-4-11(5-6,15-9)10(13)16/h1-3,6,9,15H,4-5H2,(H2,13,16). The Balaban J connectivity index is 1.88. The van der Waals surface area contributed by atoms with Crippen LogP contribution in [0.5, 0.6) is 0 Å². The summed E-state index contributed by atoms with van der Waals surface area (Å²) in [5, 5.41) is 3.33. The van der Waals surface area contributed by atoms with Crippen LogP contribution in [0.25, 0.3) is 0 Å². The van der Waals surface area contributed by atoms with E-state index in [2.05, 4.69) is 26.2 Å². The smallest absolute Gasteiger partial charge is 0.237 e. The molecule has 0 spiro atoms. The number of nitrogens with one attached hydrogen (secondary N) is 1. The van der Waals surface area contributed by atoms with Crippen LogP contribution in [-0.4, -0.2) is 16.4 Å². The average Bonchev–Trinajstić information content (AvgIpc) is 2.71. The zero-order valence-corrected chi connectivity index (χ0v) is 10.2. The average molecular weight is 282 g/mol. The molecule has 16 heavy (non-hydrogen) atoms. The third-order valence-corrected chi connectivity index (χ3v) is 4.09. The Morgan fingerprint density at radius 3 is 2.88 bits per heavy atom. The van der Waals surface area contributed by atoms with E-state index in [1.54, 1.807) is 0 Å². The number of pyridine rings is 1. The van der Waals surface area contributed by atoms with Crippen molar-refractivity contribution in [3.05, 3.63) is 28.5 Å². The van der Waals surface area contributed by atoms with Crippen LogP contribution in [0.2, 0.25) is 0 Å². The first kappa shape index (κ1) is 10.2. The number of carbonyl (C=O) groups is 1. The molecule has 1 unspecified atom stereocenters. The van der Waals surface area contributed by atoms with Gasteiger partial charge in [0.25, 0.3) is 0 Å². The minimum absolute atomic E-state index is 0.171. The Bertz CT molecular complexity index is 456. The zero-order valence-electron chi connectivity index (χ0n) is 8.61. The van der Waals surface area contributed by atoms with E-state index < -0.39 is 5.54 Å². The number of amides is 1. The van der Waals surface area contributed by atoms with Gasteiger partial charge in [0.15, 0.2) is 0 Å². The highest BCUT2D eigenvalue weighted by molar-refractivity contribution is 9.10. The van der Waals surface area contributed by atoms with E-state index in [9.17, 15) is 4.79 Å². The van der Waals surface area contributed by atoms with Gasteiger partial charge in [0.05, 0.1) is 17.3 Å². The Hall–Kier alpha value is -0.940. The van der Waals surface area contributed by atoms with Crippen LogP contribution in [0.1, 0.15) is 24.6 Å². The van der Waals surface area contributed by atoms with Crippen molar-refractivity contribution in [2.45, 2.75) is 24.4 Å². The minimum Gasteiger partial charge on any atom is -0.368 e. The van der Waals surface area contributed by atoms with E-state index >= 15 is 0 Å². The van der Waals surface area contributed by atoms with Gasteiger partial charge in [-0.2, -0.15) is 0 Å². The number of carbonyl (C=O) groups excluding carboxylic acids is 1. The largest absolute Gasteiger partial charge is 0.368 e. The zero-order chi connectivity index (χ0) is 11.3. The monoisotopic (exact) mass is 281 g/mol. The lowest BCUT2D eigenvalue weighted by Crippen LogP contribution is -2.54. The number of primary amides is 1. The fourth-order valence-electron chi connectivity index (χ4n) is 2.79. The van der Waals surface area contributed by atoms with Crippen molar-refractivity contribution < 1.29 is 4.79 Å². The Kier molecular flexibility index (Phi) is 2.09. The molecule has 3 heterocycles. The van der Waals surface area contributed by atoms with E-state index in [0.29, 0.717) is 5.92 Å². The van der Waals surface area contributed by atoms with Gasteiger partial charge in [-0.25, -0.2) is 4.98 Å². The molecule has 0 radical (unpaired) electrons. The first-order chi connectivity index (χ1) is 7.61. The number of nitrogens with two attached hydrogens (primary N) is 1. The van der Waals surface area contributed by atoms with Crippen molar-refractivity contribution in [2.24, 2.45) is 11.7 Å². The highest BCUT2D eigenvalue weighted by Gasteiger charge is 2.59. The summed E-state index contributed by atoms with van der Waals surface area (Å²) in [6, 6.07) is 6.01. The summed E-state index contributed by atoms with van der Waals surface area (Å²) in [4.78, 5) is 15.8. The first-order valence-electron chi connectivity index (χ1n) is 5.31. The van der Waals surface area contributed by atoms with Crippen molar-refractivity contribution in [3.63, 3.8) is 0 Å². The molecule has 2 saturated heterocycles. The maximum atomic E-state index is 11.3. The normalized spacial score (nSPS) is 35.8. The fraction of sp³-hybridized carbons (Fsp3) is 0.455. The van der Waals surface area contributed by atoms with Crippen molar-refractivity contribution in [2.75, 3.05) is 0 Å². The molecule has 4 rings (SSSR count). The van der Waals surface area contributed by atoms with Crippen LogP contribution in [0.15, 0.2) is 22.8 Å². The Morgan fingerprint density at radius 2 is 2.31 bits per heavy atom. The third-order valence-electron chi connectivity index (χ3n) is 3.65. The molecular formula is C11H12BrN3O. The lowest BCUT2D eigenvalue weighted by molar-refractivity contribution is -0.126. The van der Waals surface area contributed by atoms with Gasteiger partial charge in [-0.15, -0.1) is 0 Å². The molecule has 4 nitrogen and oxygen atoms in total. The SMILES string of the molecule is NC(=O)C12CC(C1)C(c1cccc(Br)n1)N2. The lowest BCUT2D eigenvalue weighted by Gasteiger charge is -2.33. The number of halogens is 1. The first-order valence-corrected chi connectivity index (χ1v) is 6.10. The van der Waals surface area contributed by atoms with Crippen molar-refractivity contribution >= 4 is 21.8 Å². The van der Waals surface area contributed by atoms with Gasteiger partial charge >= 0.3 is 0 Å². The van der Waals surface area contributed by atoms with Gasteiger partial charge in [-0.05, 0) is 46.8 Å². The van der Waals surface area contributed by atoms with Crippen LogP contribution < -0.4 is 11.1 Å². The summed E-state index contributed by atoms with van der Waals surface area (Å²) < 4.78 is 0.823. The summed E-state index contributed by atoms with van der Waals surface area (Å²) >= 11 is 3.35. The van der Waals surface area contributed by atoms with Crippen LogP contribution in [-0.2, 0) is 4.79 Å². The molecule has 5 heteroatoms. The molecule has 1 saturated carbocycles. The second-order valence-corrected chi connectivity index (χ2v) is 5.43. The number of hydrogen-bond acceptors (Lipinski definition) is 3. The third kappa shape index (κ3) is 1.31. The predicted molar refractivity (Wildman–Crippen MR) is 62.5 cm³/mol. The van der Waals surface area contributed by atoms with Gasteiger partial charge in [0.1, 0.15) is 4.60 Å². The van der Waals surface area contributed by atoms with Crippen LogP contribution >= 0.6 is 15.9 Å². The number of fused-ring (bicyclic) bond motifs is 1. The molecule has 1 aromatic heterocycles. The minimum atomic E-state index is -0.459. The molecule has 0 aromatic carbocycles. The van der Waals surface area contributed by atoms with E-state index in [1.165, 1.54) is 0 Å². The Morgan fingerprint density at radius 1 is 1.56 bits per heavy atom. The lowest BCUT2D eigenvalue weighted by atomic mass is 9.71. The van der Waals surface area contributed by atoms with Crippen molar-refractivity contribution in [1.29, 1.82) is 0 Å². The molecule has 2 aliphatic heterocycles. The number of hydrogen-bond donors (Lipinski definition) is 2. The van der Waals surface area contributed by atoms with Gasteiger partial charge < -0.3 is 5.73 Å². The van der Waals surface area contributed by atoms with Gasteiger partial charge in [-0.1, -0.05) is 6.07 Å². The van der Waals surface area contributed by atoms with Crippen molar-refractivity contribution in [1.82, 2.24) is 10.3 Å². The second-order valence-electron chi connectivity index (χ2n) is 4.62. The number of rotatable bonds is 2. The van der Waals surface area contributed by atoms with E-state index in [0.717, 1.165) is 23.1 Å². The maximum Gasteiger partial charge on any atom is 0.237 e. The molecule has 3 fully saturated rings. The summed E-state index contributed by atoms with van der Waals surface area (Å²) in [5.41, 5.74) is 5.94. The topological polar surface area (TPSA) is 68.0 Å². The molecule has 3 aliphatic rings. The highest BCUT2D eigenvalue weighted by atomic mass is 79.9. The maximum absolute atomic E-state index is 11.3. The Labute approximate surface area is 102 Å². The molecule has 1 aromatic rings. The summed E-state index contributed by atoms with van der Waals surface area (Å²) in [7, 11) is 0. The van der Waals surface area contributed by atoms with E-state index in [-0.39, 0.29) is 11.9 Å². The van der Waals surface area contributed by atoms with E-state index in [4.69, 9.17) is 5.73 Å². The number of aromatic nitrogens is 1. The summed E-state index contributed by atoms with van der Waals surface area (Å²) in [6.07, 6.45) is 1.70. The van der Waals surface area contributed by atoms with Crippen LogP contribution in [0, 0.1) is 5.92 Å². The van der Waals surface area contributed by atoms with Gasteiger partial charge in [0.2, 0.25) is 5.91 Å². The fourth-order valence-corrected chi connectivity index (χ4v) is 3.15. The summed E-state index contributed by atoms with van der Waals surface area (Å²) in [5.74, 6) is 0.260. The molecule has 1 atom stereocenters. The van der Waals surface area contributed by atoms with E-state index in [1.807, 2.05) is 18.2 Å². The molecule has 2 bridgehead atoms. The van der Waals surface area contributed by atoms with Gasteiger partial charge in [-0.3, -0.25) is 10.1 Å². The van der Waals surface area contributed by atoms with Crippen molar-refractivity contribution in [3.8, 4) is 0 Å².